The van der Waals surface area contributed by atoms with Crippen molar-refractivity contribution in [1.29, 1.82) is 0 Å². The van der Waals surface area contributed by atoms with Crippen LogP contribution < -0.4 is 5.73 Å². The van der Waals surface area contributed by atoms with Crippen molar-refractivity contribution in [3.05, 3.63) is 34.9 Å². The highest BCUT2D eigenvalue weighted by Crippen LogP contribution is 2.25. The predicted molar refractivity (Wildman–Crippen MR) is 60.8 cm³/mol. The molecule has 0 unspecified atom stereocenters. The molecule has 0 bridgehead atoms. The summed E-state index contributed by atoms with van der Waals surface area (Å²) in [5, 5.41) is 4.09. The molecule has 0 fully saturated rings. The van der Waals surface area contributed by atoms with Crippen molar-refractivity contribution in [2.24, 2.45) is 7.05 Å². The van der Waals surface area contributed by atoms with E-state index in [1.807, 2.05) is 31.3 Å². The summed E-state index contributed by atoms with van der Waals surface area (Å²) < 4.78 is 2.83. The SMILES string of the molecule is Cn1ncc(N)c1-c1ccc(Br)cc1. The maximum Gasteiger partial charge on any atom is 0.0908 e. The molecule has 0 amide bonds. The van der Waals surface area contributed by atoms with Gasteiger partial charge in [0, 0.05) is 17.1 Å². The fourth-order valence-electron chi connectivity index (χ4n) is 1.42. The van der Waals surface area contributed by atoms with Gasteiger partial charge in [0.15, 0.2) is 0 Å². The zero-order valence-electron chi connectivity index (χ0n) is 7.74. The minimum absolute atomic E-state index is 0.704. The zero-order chi connectivity index (χ0) is 10.1. The predicted octanol–water partition coefficient (Wildman–Crippen LogP) is 2.43. The molecule has 0 atom stereocenters. The van der Waals surface area contributed by atoms with Gasteiger partial charge in [-0.2, -0.15) is 5.10 Å². The molecule has 72 valence electrons. The largest absolute Gasteiger partial charge is 0.396 e. The number of hydrogen-bond donors (Lipinski definition) is 1. The van der Waals surface area contributed by atoms with E-state index in [2.05, 4.69) is 21.0 Å². The Labute approximate surface area is 90.7 Å². The number of aromatic nitrogens is 2. The summed E-state index contributed by atoms with van der Waals surface area (Å²) in [5.74, 6) is 0. The average molecular weight is 252 g/mol. The number of hydrogen-bond acceptors (Lipinski definition) is 2. The van der Waals surface area contributed by atoms with Gasteiger partial charge in [0.1, 0.15) is 0 Å². The number of benzene rings is 1. The molecule has 0 aliphatic rings. The van der Waals surface area contributed by atoms with E-state index in [1.165, 1.54) is 0 Å². The third-order valence-electron chi connectivity index (χ3n) is 2.08. The Morgan fingerprint density at radius 2 is 1.93 bits per heavy atom. The lowest BCUT2D eigenvalue weighted by Gasteiger charge is -2.03. The fourth-order valence-corrected chi connectivity index (χ4v) is 1.68. The summed E-state index contributed by atoms with van der Waals surface area (Å²) in [6.45, 7) is 0. The molecule has 2 aromatic rings. The summed E-state index contributed by atoms with van der Waals surface area (Å²) in [4.78, 5) is 0. The Kier molecular flexibility index (Phi) is 2.29. The van der Waals surface area contributed by atoms with Crippen molar-refractivity contribution < 1.29 is 0 Å². The van der Waals surface area contributed by atoms with Crippen LogP contribution in [0, 0.1) is 0 Å². The van der Waals surface area contributed by atoms with Gasteiger partial charge < -0.3 is 5.73 Å². The van der Waals surface area contributed by atoms with E-state index in [1.54, 1.807) is 10.9 Å². The maximum atomic E-state index is 5.82. The molecule has 0 aliphatic heterocycles. The second-order valence-corrected chi connectivity index (χ2v) is 3.99. The maximum absolute atomic E-state index is 5.82. The lowest BCUT2D eigenvalue weighted by atomic mass is 10.1. The topological polar surface area (TPSA) is 43.8 Å². The lowest BCUT2D eigenvalue weighted by molar-refractivity contribution is 0.776. The van der Waals surface area contributed by atoms with Crippen molar-refractivity contribution in [1.82, 2.24) is 9.78 Å². The van der Waals surface area contributed by atoms with Gasteiger partial charge in [0.05, 0.1) is 17.6 Å². The zero-order valence-corrected chi connectivity index (χ0v) is 9.32. The highest BCUT2D eigenvalue weighted by molar-refractivity contribution is 9.10. The van der Waals surface area contributed by atoms with Gasteiger partial charge in [0.25, 0.3) is 0 Å². The first-order chi connectivity index (χ1) is 6.68. The van der Waals surface area contributed by atoms with E-state index in [0.717, 1.165) is 15.7 Å². The molecule has 0 aliphatic carbocycles. The van der Waals surface area contributed by atoms with Crippen LogP contribution in [0.2, 0.25) is 0 Å². The molecule has 1 aromatic carbocycles. The third kappa shape index (κ3) is 1.53. The minimum atomic E-state index is 0.704. The van der Waals surface area contributed by atoms with E-state index < -0.39 is 0 Å². The van der Waals surface area contributed by atoms with Crippen LogP contribution in [0.15, 0.2) is 34.9 Å². The number of halogens is 1. The summed E-state index contributed by atoms with van der Waals surface area (Å²) >= 11 is 3.39. The van der Waals surface area contributed by atoms with Crippen molar-refractivity contribution in [3.8, 4) is 11.3 Å². The second kappa shape index (κ2) is 3.46. The molecule has 3 nitrogen and oxygen atoms in total. The molecule has 0 saturated carbocycles. The first-order valence-corrected chi connectivity index (χ1v) is 5.01. The average Bonchev–Trinajstić information content (AvgIpc) is 2.49. The summed E-state index contributed by atoms with van der Waals surface area (Å²) in [6.07, 6.45) is 1.66. The molecule has 1 aromatic heterocycles. The molecule has 1 heterocycles. The Morgan fingerprint density at radius 1 is 1.29 bits per heavy atom. The number of anilines is 1. The Bertz CT molecular complexity index is 425. The van der Waals surface area contributed by atoms with Gasteiger partial charge in [-0.3, -0.25) is 4.68 Å². The molecular formula is C10H10BrN3. The van der Waals surface area contributed by atoms with Crippen molar-refractivity contribution in [3.63, 3.8) is 0 Å². The van der Waals surface area contributed by atoms with Gasteiger partial charge in [0.2, 0.25) is 0 Å². The van der Waals surface area contributed by atoms with E-state index in [4.69, 9.17) is 5.73 Å². The van der Waals surface area contributed by atoms with Crippen LogP contribution in [0.25, 0.3) is 11.3 Å². The quantitative estimate of drug-likeness (QED) is 0.847. The van der Waals surface area contributed by atoms with Crippen molar-refractivity contribution >= 4 is 21.6 Å². The standard InChI is InChI=1S/C10H10BrN3/c1-14-10(9(12)6-13-14)7-2-4-8(11)5-3-7/h2-6H,12H2,1H3. The van der Waals surface area contributed by atoms with Gasteiger partial charge in [-0.1, -0.05) is 28.1 Å². The van der Waals surface area contributed by atoms with Crippen molar-refractivity contribution in [2.75, 3.05) is 5.73 Å². The fraction of sp³-hybridized carbons (Fsp3) is 0.100. The van der Waals surface area contributed by atoms with Crippen LogP contribution in [0.5, 0.6) is 0 Å². The Balaban J connectivity index is 2.54. The third-order valence-corrected chi connectivity index (χ3v) is 2.61. The number of rotatable bonds is 1. The monoisotopic (exact) mass is 251 g/mol. The minimum Gasteiger partial charge on any atom is -0.396 e. The molecular weight excluding hydrogens is 242 g/mol. The first kappa shape index (κ1) is 9.27. The summed E-state index contributed by atoms with van der Waals surface area (Å²) in [5.41, 5.74) is 8.55. The van der Waals surface area contributed by atoms with Crippen LogP contribution in [-0.2, 0) is 7.05 Å². The van der Waals surface area contributed by atoms with Gasteiger partial charge in [-0.15, -0.1) is 0 Å². The van der Waals surface area contributed by atoms with Crippen LogP contribution in [-0.4, -0.2) is 9.78 Å². The molecule has 0 radical (unpaired) electrons. The normalized spacial score (nSPS) is 10.4. The van der Waals surface area contributed by atoms with Crippen molar-refractivity contribution in [2.45, 2.75) is 0 Å². The molecule has 4 heteroatoms. The second-order valence-electron chi connectivity index (χ2n) is 3.08. The van der Waals surface area contributed by atoms with E-state index >= 15 is 0 Å². The van der Waals surface area contributed by atoms with Crippen LogP contribution in [0.3, 0.4) is 0 Å². The van der Waals surface area contributed by atoms with E-state index in [9.17, 15) is 0 Å². The number of nitrogens with zero attached hydrogens (tertiary/aromatic N) is 2. The lowest BCUT2D eigenvalue weighted by Crippen LogP contribution is -1.95. The molecule has 2 N–H and O–H groups in total. The molecule has 0 spiro atoms. The Hall–Kier alpha value is -1.29. The van der Waals surface area contributed by atoms with E-state index in [-0.39, 0.29) is 0 Å². The molecule has 2 rings (SSSR count). The molecule has 0 saturated heterocycles. The van der Waals surface area contributed by atoms with Gasteiger partial charge in [-0.05, 0) is 12.1 Å². The summed E-state index contributed by atoms with van der Waals surface area (Å²) in [6, 6.07) is 8.00. The van der Waals surface area contributed by atoms with Crippen LogP contribution in [0.1, 0.15) is 0 Å². The van der Waals surface area contributed by atoms with E-state index in [0.29, 0.717) is 5.69 Å². The Morgan fingerprint density at radius 3 is 2.43 bits per heavy atom. The van der Waals surface area contributed by atoms with Gasteiger partial charge >= 0.3 is 0 Å². The van der Waals surface area contributed by atoms with Crippen LogP contribution >= 0.6 is 15.9 Å². The smallest absolute Gasteiger partial charge is 0.0908 e. The first-order valence-electron chi connectivity index (χ1n) is 4.22. The highest BCUT2D eigenvalue weighted by atomic mass is 79.9. The summed E-state index contributed by atoms with van der Waals surface area (Å²) in [7, 11) is 1.88. The number of aryl methyl sites for hydroxylation is 1. The number of nitrogens with two attached hydrogens (primary N) is 1. The molecule has 14 heavy (non-hydrogen) atoms. The van der Waals surface area contributed by atoms with Gasteiger partial charge in [-0.25, -0.2) is 0 Å². The van der Waals surface area contributed by atoms with Crippen LogP contribution in [0.4, 0.5) is 5.69 Å². The number of nitrogen functional groups attached to an aromatic ring is 1. The highest BCUT2D eigenvalue weighted by Gasteiger charge is 2.07.